The molecule has 28 heteroatoms. The largest absolute Gasteiger partial charge is 0.387 e. The Balaban J connectivity index is 0. The van der Waals surface area contributed by atoms with Gasteiger partial charge in [0.15, 0.2) is 0 Å². The zero-order chi connectivity index (χ0) is 62.4. The van der Waals surface area contributed by atoms with Crippen LogP contribution >= 0.6 is 0 Å². The van der Waals surface area contributed by atoms with Gasteiger partial charge in [-0.1, -0.05) is 86.3 Å². The first-order valence-corrected chi connectivity index (χ1v) is 27.9. The lowest BCUT2D eigenvalue weighted by atomic mass is 9.98. The van der Waals surface area contributed by atoms with E-state index in [1.54, 1.807) is 26.1 Å². The van der Waals surface area contributed by atoms with Gasteiger partial charge in [0, 0.05) is 44.9 Å². The monoisotopic (exact) mass is 1160 g/mol. The maximum Gasteiger partial charge on any atom is 0.299 e. The number of primary amides is 1. The second-order valence-electron chi connectivity index (χ2n) is 18.7. The minimum atomic E-state index is -1.19. The number of nitrogens with one attached hydrogen (secondary N) is 10. The van der Waals surface area contributed by atoms with Crippen molar-refractivity contribution in [3.63, 3.8) is 0 Å². The van der Waals surface area contributed by atoms with Crippen LogP contribution in [0.5, 0.6) is 0 Å². The number of para-hydroxylation sites is 1. The van der Waals surface area contributed by atoms with Crippen LogP contribution in [0.4, 0.5) is 22.7 Å². The summed E-state index contributed by atoms with van der Waals surface area (Å²) in [6.07, 6.45) is 7.87. The molecule has 0 saturated heterocycles. The summed E-state index contributed by atoms with van der Waals surface area (Å²) in [5.41, 5.74) is 17.1. The molecular formula is C54H93N15O13. The van der Waals surface area contributed by atoms with Crippen LogP contribution in [-0.2, 0) is 38.4 Å². The summed E-state index contributed by atoms with van der Waals surface area (Å²) in [6, 6.07) is 7.44. The summed E-state index contributed by atoms with van der Waals surface area (Å²) in [4.78, 5) is 132. The van der Waals surface area contributed by atoms with Crippen molar-refractivity contribution >= 4 is 75.9 Å². The summed E-state index contributed by atoms with van der Waals surface area (Å²) in [7, 11) is 1.74. The van der Waals surface area contributed by atoms with Crippen LogP contribution in [0.3, 0.4) is 0 Å². The van der Waals surface area contributed by atoms with Crippen LogP contribution < -0.4 is 70.4 Å². The molecule has 462 valence electrons. The highest BCUT2D eigenvalue weighted by molar-refractivity contribution is 5.99. The fourth-order valence-corrected chi connectivity index (χ4v) is 6.87. The average molecular weight is 1160 g/mol. The van der Waals surface area contributed by atoms with Crippen LogP contribution in [-0.4, -0.2) is 141 Å². The molecule has 0 aliphatic carbocycles. The molecule has 4 atom stereocenters. The number of carbonyl (C=O) groups excluding carboxylic acids is 9. The number of nitrogens with zero attached hydrogens (tertiary/aromatic N) is 2. The number of rotatable bonds is 36. The first kappa shape index (κ1) is 76.1. The highest BCUT2D eigenvalue weighted by Crippen LogP contribution is 2.29. The lowest BCUT2D eigenvalue weighted by Gasteiger charge is -2.24. The van der Waals surface area contributed by atoms with Gasteiger partial charge in [-0.3, -0.25) is 63.4 Å². The van der Waals surface area contributed by atoms with Crippen LogP contribution in [0, 0.1) is 26.1 Å². The molecular weight excluding hydrogens is 1070 g/mol. The molecule has 2 aromatic rings. The molecule has 0 fully saturated rings. The van der Waals surface area contributed by atoms with E-state index in [2.05, 4.69) is 80.9 Å². The lowest BCUT2D eigenvalue weighted by molar-refractivity contribution is -0.393. The number of nitro benzene ring substituents is 2. The molecule has 2 rings (SSSR count). The van der Waals surface area contributed by atoms with E-state index < -0.39 is 95.5 Å². The molecule has 3 unspecified atom stereocenters. The van der Waals surface area contributed by atoms with Crippen molar-refractivity contribution in [2.75, 3.05) is 70.0 Å². The number of unbranched alkanes of at least 4 members (excludes halogenated alkanes) is 4. The van der Waals surface area contributed by atoms with Gasteiger partial charge in [0.05, 0.1) is 47.7 Å². The Kier molecular flexibility index (Phi) is 43.3. The average Bonchev–Trinajstić information content (AvgIpc) is 3.53. The molecule has 0 bridgehead atoms. The SMILES string of the molecule is CCC.CCC.CCC(C)C(NC(=O)CNC(=O)C(CCCCN)NC(=O)CNC(=O)[C@H](CCC(=O)NCCCCCNC(=O)c1ccccc1NC)NC(=O)CN)C(=O)NCC(N)=O.CCCCNc1ccc([N+](=O)[O-])cc1[N+](=O)[O-]. The fourth-order valence-electron chi connectivity index (χ4n) is 6.87. The molecule has 28 nitrogen and oxygen atoms in total. The van der Waals surface area contributed by atoms with E-state index >= 15 is 0 Å². The molecule has 0 aliphatic heterocycles. The molecule has 82 heavy (non-hydrogen) atoms. The quantitative estimate of drug-likeness (QED) is 0.0265. The Morgan fingerprint density at radius 3 is 1.68 bits per heavy atom. The van der Waals surface area contributed by atoms with Crippen LogP contribution in [0.1, 0.15) is 142 Å². The Morgan fingerprint density at radius 1 is 0.585 bits per heavy atom. The zero-order valence-electron chi connectivity index (χ0n) is 49.1. The number of anilines is 2. The van der Waals surface area contributed by atoms with E-state index in [9.17, 15) is 63.4 Å². The topological polar surface area (TPSA) is 438 Å². The molecule has 0 radical (unpaired) electrons. The smallest absolute Gasteiger partial charge is 0.299 e. The summed E-state index contributed by atoms with van der Waals surface area (Å²) in [6.45, 7) is 13.9. The van der Waals surface area contributed by atoms with E-state index in [-0.39, 0.29) is 48.4 Å². The number of carbonyl (C=O) groups is 9. The number of nitro groups is 2. The fraction of sp³-hybridized carbons (Fsp3) is 0.611. The van der Waals surface area contributed by atoms with Crippen molar-refractivity contribution in [3.05, 3.63) is 68.3 Å². The Hall–Kier alpha value is -8.01. The summed E-state index contributed by atoms with van der Waals surface area (Å²) >= 11 is 0. The number of hydrogen-bond acceptors (Lipinski definition) is 17. The van der Waals surface area contributed by atoms with E-state index in [1.165, 1.54) is 25.0 Å². The van der Waals surface area contributed by atoms with E-state index in [0.717, 1.165) is 31.0 Å². The van der Waals surface area contributed by atoms with Gasteiger partial charge in [0.25, 0.3) is 17.3 Å². The third-order valence-corrected chi connectivity index (χ3v) is 11.3. The van der Waals surface area contributed by atoms with Gasteiger partial charge in [-0.2, -0.15) is 0 Å². The highest BCUT2D eigenvalue weighted by atomic mass is 16.6. The Labute approximate surface area is 481 Å². The van der Waals surface area contributed by atoms with Crippen molar-refractivity contribution in [3.8, 4) is 0 Å². The standard InChI is InChI=1S/C38H64N12O9.C10H13N3O4.2C3H8/c1-4-24(2)34(38(59)45-21-29(41)51)50-33(55)23-47-36(57)27(14-8-9-17-39)49-32(54)22-46-37(58)28(48-31(53)20-40)15-16-30(52)43-18-10-5-11-19-44-35(56)25-12-6-7-13-26(25)42-3;1-2-3-6-11-9-5-4-8(12(14)15)7-10(9)13(16)17;2*1-3-2/h6-7,12-13,24,27-28,34,42H,4-5,8-11,14-23,39-40H2,1-3H3,(H2,41,51)(H,43,52)(H,44,56)(H,45,59)(H,46,58)(H,47,57)(H,48,53)(H,49,54)(H,50,55);4-5,7,11H,2-3,6H2,1H3;2*3H2,1-2H3/t24?,27?,28-,34?;;;/m0.../s1. The number of hydrogen-bond donors (Lipinski definition) is 13. The molecule has 0 spiro atoms. The second kappa shape index (κ2) is 46.7. The minimum absolute atomic E-state index is 0.0952. The molecule has 0 aromatic heterocycles. The minimum Gasteiger partial charge on any atom is -0.387 e. The molecule has 0 aliphatic rings. The number of benzene rings is 2. The maximum absolute atomic E-state index is 13.1. The van der Waals surface area contributed by atoms with Crippen molar-refractivity contribution in [2.45, 2.75) is 150 Å². The van der Waals surface area contributed by atoms with Gasteiger partial charge >= 0.3 is 0 Å². The Morgan fingerprint density at radius 2 is 1.15 bits per heavy atom. The van der Waals surface area contributed by atoms with E-state index in [0.29, 0.717) is 69.5 Å². The maximum atomic E-state index is 13.1. The highest BCUT2D eigenvalue weighted by Gasteiger charge is 2.28. The molecule has 2 aromatic carbocycles. The normalized spacial score (nSPS) is 11.6. The van der Waals surface area contributed by atoms with Gasteiger partial charge in [-0.05, 0) is 82.0 Å². The van der Waals surface area contributed by atoms with E-state index in [1.807, 2.05) is 26.0 Å². The number of nitrogens with two attached hydrogens (primary N) is 3. The Bertz CT molecular complexity index is 2290. The van der Waals surface area contributed by atoms with Gasteiger partial charge in [-0.25, -0.2) is 0 Å². The third kappa shape index (κ3) is 34.9. The van der Waals surface area contributed by atoms with Gasteiger partial charge in [-0.15, -0.1) is 0 Å². The molecule has 9 amide bonds. The number of non-ortho nitro benzene ring substituents is 1. The predicted molar refractivity (Wildman–Crippen MR) is 315 cm³/mol. The summed E-state index contributed by atoms with van der Waals surface area (Å²) < 4.78 is 0. The predicted octanol–water partition coefficient (Wildman–Crippen LogP) is 2.49. The van der Waals surface area contributed by atoms with Crippen LogP contribution in [0.2, 0.25) is 0 Å². The molecule has 0 heterocycles. The summed E-state index contributed by atoms with van der Waals surface area (Å²) in [5.74, 6) is -5.79. The van der Waals surface area contributed by atoms with E-state index in [4.69, 9.17) is 17.2 Å². The van der Waals surface area contributed by atoms with Crippen molar-refractivity contribution in [2.24, 2.45) is 23.1 Å². The summed E-state index contributed by atoms with van der Waals surface area (Å²) in [5, 5.41) is 47.5. The van der Waals surface area contributed by atoms with Crippen molar-refractivity contribution in [1.82, 2.24) is 42.5 Å². The first-order valence-electron chi connectivity index (χ1n) is 27.9. The van der Waals surface area contributed by atoms with Gasteiger partial charge in [0.1, 0.15) is 23.8 Å². The molecule has 16 N–H and O–H groups in total. The lowest BCUT2D eigenvalue weighted by Crippen LogP contribution is -2.55. The first-order chi connectivity index (χ1) is 39.0. The third-order valence-electron chi connectivity index (χ3n) is 11.3. The molecule has 0 saturated carbocycles. The number of amides is 9. The van der Waals surface area contributed by atoms with Gasteiger partial charge < -0.3 is 70.4 Å². The van der Waals surface area contributed by atoms with Crippen LogP contribution in [0.15, 0.2) is 42.5 Å². The van der Waals surface area contributed by atoms with Crippen molar-refractivity contribution < 1.29 is 53.0 Å². The zero-order valence-corrected chi connectivity index (χ0v) is 49.1. The van der Waals surface area contributed by atoms with Crippen molar-refractivity contribution in [1.29, 1.82) is 0 Å². The van der Waals surface area contributed by atoms with Gasteiger partial charge in [0.2, 0.25) is 47.3 Å². The van der Waals surface area contributed by atoms with Crippen LogP contribution in [0.25, 0.3) is 0 Å². The second-order valence-corrected chi connectivity index (χ2v) is 18.7.